The average Bonchev–Trinajstić information content (AvgIpc) is 3.34. The van der Waals surface area contributed by atoms with E-state index in [0.29, 0.717) is 9.13 Å². The molecule has 0 spiro atoms. The summed E-state index contributed by atoms with van der Waals surface area (Å²) in [5.74, 6) is -7.62. The smallest absolute Gasteiger partial charge is 0.305 e. The number of carbonyl (C=O) groups excluding carboxylic acids is 4. The Morgan fingerprint density at radius 2 is 1.86 bits per heavy atom. The van der Waals surface area contributed by atoms with Crippen molar-refractivity contribution in [2.75, 3.05) is 18.6 Å². The predicted octanol–water partition coefficient (Wildman–Crippen LogP) is 4.50. The van der Waals surface area contributed by atoms with Gasteiger partial charge < -0.3 is 14.9 Å². The Hall–Kier alpha value is -3.52. The number of methoxy groups -OCH3 is 1. The molecule has 3 fully saturated rings. The number of imide groups is 2. The number of rotatable bonds is 6. The van der Waals surface area contributed by atoms with Crippen molar-refractivity contribution in [3.05, 3.63) is 62.0 Å². The van der Waals surface area contributed by atoms with Crippen molar-refractivity contribution < 1.29 is 43.3 Å². The molecule has 2 heterocycles. The number of fused-ring (bicyclic) bond motifs is 4. The molecule has 2 aliphatic heterocycles. The summed E-state index contributed by atoms with van der Waals surface area (Å²) in [6, 6.07) is 6.92. The molecule has 13 heteroatoms. The van der Waals surface area contributed by atoms with E-state index in [-0.39, 0.29) is 48.0 Å². The van der Waals surface area contributed by atoms with Crippen molar-refractivity contribution in [3.63, 3.8) is 0 Å². The van der Waals surface area contributed by atoms with Gasteiger partial charge in [-0.25, -0.2) is 9.29 Å². The van der Waals surface area contributed by atoms with Gasteiger partial charge in [-0.15, -0.1) is 0 Å². The lowest BCUT2D eigenvalue weighted by Crippen LogP contribution is -2.49. The minimum absolute atomic E-state index is 0.0914. The van der Waals surface area contributed by atoms with Gasteiger partial charge in [-0.3, -0.25) is 28.9 Å². The molecule has 2 aromatic carbocycles. The van der Waals surface area contributed by atoms with Gasteiger partial charge >= 0.3 is 5.97 Å². The number of phenols is 1. The van der Waals surface area contributed by atoms with E-state index in [0.717, 1.165) is 21.4 Å². The summed E-state index contributed by atoms with van der Waals surface area (Å²) in [5.41, 5.74) is 0.0354. The maximum atomic E-state index is 14.5. The highest BCUT2D eigenvalue weighted by atomic mass is 127. The molecule has 2 N–H and O–H groups in total. The molecule has 0 unspecified atom stereocenters. The van der Waals surface area contributed by atoms with Crippen LogP contribution < -0.4 is 9.64 Å². The molecule has 0 aromatic heterocycles. The number of nitrogens with zero attached hydrogens (tertiary/aromatic N) is 2. The summed E-state index contributed by atoms with van der Waals surface area (Å²) in [6.07, 6.45) is 1.77. The van der Waals surface area contributed by atoms with E-state index in [1.807, 2.05) is 28.7 Å². The van der Waals surface area contributed by atoms with Crippen LogP contribution in [0.15, 0.2) is 42.0 Å². The molecule has 4 aliphatic rings. The van der Waals surface area contributed by atoms with Gasteiger partial charge in [0.25, 0.3) is 0 Å². The number of halogens is 3. The number of aliphatic carboxylic acids is 1. The van der Waals surface area contributed by atoms with E-state index in [1.165, 1.54) is 19.2 Å². The summed E-state index contributed by atoms with van der Waals surface area (Å²) in [4.78, 5) is 69.0. The van der Waals surface area contributed by atoms with Crippen LogP contribution in [-0.2, 0) is 24.0 Å². The molecule has 0 radical (unpaired) electrons. The number of benzene rings is 2. The number of carboxylic acid groups (broad SMARTS) is 1. The monoisotopic (exact) mass is 736 g/mol. The SMILES string of the molecule is COc1cc([C@H]2C3=CC[C@@H]4C(=O)N(CCC(=O)O)C(=O)[C@@H]4[C@@H]3C[C@H]3C(=O)N(c4ccc(F)c(Cl)c4)C(=O)[C@@]23C)cc(I)c1O. The Balaban J connectivity index is 1.51. The Morgan fingerprint density at radius 1 is 1.14 bits per heavy atom. The normalized spacial score (nSPS) is 29.4. The second kappa shape index (κ2) is 10.8. The predicted molar refractivity (Wildman–Crippen MR) is 162 cm³/mol. The first-order valence-electron chi connectivity index (χ1n) is 14.0. The Kier molecular flexibility index (Phi) is 7.51. The zero-order valence-corrected chi connectivity index (χ0v) is 26.5. The number of ether oxygens (including phenoxy) is 1. The Bertz CT molecular complexity index is 1700. The number of hydrogen-bond acceptors (Lipinski definition) is 7. The molecule has 230 valence electrons. The van der Waals surface area contributed by atoms with Crippen molar-refractivity contribution in [2.24, 2.45) is 29.1 Å². The third-order valence-electron chi connectivity index (χ3n) is 9.68. The standard InChI is InChI=1S/C31H27ClFIN2O8/c1-31-18(28(41)36(30(31)43)14-3-6-20(33)19(32)11-14)12-17-15(25(31)13-9-21(34)26(39)22(10-13)44-2)4-5-16-24(17)29(42)35(27(16)40)8-7-23(37)38/h3-4,6,9-11,16-18,24-25,39H,5,7-8,12H2,1-2H3,(H,37,38)/t16-,17+,18-,24-,25-,31+/m0/s1. The molecule has 2 saturated heterocycles. The zero-order valence-electron chi connectivity index (χ0n) is 23.6. The number of carbonyl (C=O) groups is 5. The van der Waals surface area contributed by atoms with E-state index < -0.39 is 70.4 Å². The van der Waals surface area contributed by atoms with Crippen molar-refractivity contribution in [2.45, 2.75) is 32.1 Å². The largest absolute Gasteiger partial charge is 0.504 e. The number of phenolic OH excluding ortho intramolecular Hbond substituents is 1. The molecule has 6 atom stereocenters. The number of anilines is 1. The van der Waals surface area contributed by atoms with Gasteiger partial charge in [0.1, 0.15) is 5.82 Å². The number of aromatic hydroxyl groups is 1. The van der Waals surface area contributed by atoms with Crippen LogP contribution in [0.3, 0.4) is 0 Å². The van der Waals surface area contributed by atoms with E-state index in [2.05, 4.69) is 0 Å². The van der Waals surface area contributed by atoms with Gasteiger partial charge in [0.2, 0.25) is 23.6 Å². The van der Waals surface area contributed by atoms with Crippen molar-refractivity contribution in [1.82, 2.24) is 4.90 Å². The zero-order chi connectivity index (χ0) is 31.8. The summed E-state index contributed by atoms with van der Waals surface area (Å²) < 4.78 is 19.9. The first kappa shape index (κ1) is 30.5. The molecule has 1 saturated carbocycles. The second-order valence-corrected chi connectivity index (χ2v) is 13.4. The number of allylic oxidation sites excluding steroid dienone is 2. The van der Waals surface area contributed by atoms with Gasteiger partial charge in [-0.05, 0) is 84.2 Å². The lowest BCUT2D eigenvalue weighted by molar-refractivity contribution is -0.142. The van der Waals surface area contributed by atoms with E-state index in [1.54, 1.807) is 19.1 Å². The summed E-state index contributed by atoms with van der Waals surface area (Å²) in [5, 5.41) is 19.5. The molecular formula is C31H27ClFIN2O8. The van der Waals surface area contributed by atoms with Crippen LogP contribution in [0.1, 0.15) is 37.7 Å². The highest BCUT2D eigenvalue weighted by molar-refractivity contribution is 14.1. The van der Waals surface area contributed by atoms with Crippen LogP contribution in [-0.4, -0.2) is 58.4 Å². The van der Waals surface area contributed by atoms with Crippen LogP contribution in [0.25, 0.3) is 0 Å². The van der Waals surface area contributed by atoms with Gasteiger partial charge in [-0.1, -0.05) is 23.3 Å². The lowest BCUT2D eigenvalue weighted by Gasteiger charge is -2.49. The quantitative estimate of drug-likeness (QED) is 0.251. The third kappa shape index (κ3) is 4.35. The fourth-order valence-electron chi connectivity index (χ4n) is 7.67. The molecular weight excluding hydrogens is 710 g/mol. The third-order valence-corrected chi connectivity index (χ3v) is 10.8. The highest BCUT2D eigenvalue weighted by Gasteiger charge is 2.67. The molecule has 10 nitrogen and oxygen atoms in total. The first-order valence-corrected chi connectivity index (χ1v) is 15.4. The number of amides is 4. The van der Waals surface area contributed by atoms with E-state index in [4.69, 9.17) is 16.3 Å². The Labute approximate surface area is 269 Å². The van der Waals surface area contributed by atoms with Crippen LogP contribution in [0.4, 0.5) is 10.1 Å². The van der Waals surface area contributed by atoms with Crippen LogP contribution in [0, 0.1) is 38.5 Å². The highest BCUT2D eigenvalue weighted by Crippen LogP contribution is 2.64. The Morgan fingerprint density at radius 3 is 2.52 bits per heavy atom. The van der Waals surface area contributed by atoms with Gasteiger partial charge in [0, 0.05) is 12.5 Å². The fourth-order valence-corrected chi connectivity index (χ4v) is 8.47. The molecule has 44 heavy (non-hydrogen) atoms. The number of likely N-dealkylation sites (tertiary alicyclic amines) is 1. The number of hydrogen-bond donors (Lipinski definition) is 2. The summed E-state index contributed by atoms with van der Waals surface area (Å²) in [7, 11) is 1.40. The second-order valence-electron chi connectivity index (χ2n) is 11.8. The topological polar surface area (TPSA) is 142 Å². The van der Waals surface area contributed by atoms with E-state index >= 15 is 0 Å². The van der Waals surface area contributed by atoms with Crippen molar-refractivity contribution >= 4 is 69.5 Å². The molecule has 4 amide bonds. The van der Waals surface area contributed by atoms with E-state index in [9.17, 15) is 38.6 Å². The van der Waals surface area contributed by atoms with Crippen LogP contribution in [0.2, 0.25) is 5.02 Å². The summed E-state index contributed by atoms with van der Waals surface area (Å²) >= 11 is 7.98. The minimum Gasteiger partial charge on any atom is -0.504 e. The average molecular weight is 737 g/mol. The van der Waals surface area contributed by atoms with Crippen LogP contribution >= 0.6 is 34.2 Å². The molecule has 0 bridgehead atoms. The maximum Gasteiger partial charge on any atom is 0.305 e. The maximum absolute atomic E-state index is 14.5. The molecule has 2 aromatic rings. The molecule has 6 rings (SSSR count). The van der Waals surface area contributed by atoms with Gasteiger partial charge in [0.05, 0.1) is 51.0 Å². The van der Waals surface area contributed by atoms with Gasteiger partial charge in [0.15, 0.2) is 11.5 Å². The number of carboxylic acids is 1. The minimum atomic E-state index is -1.37. The lowest BCUT2D eigenvalue weighted by atomic mass is 9.51. The van der Waals surface area contributed by atoms with Crippen molar-refractivity contribution in [1.29, 1.82) is 0 Å². The fraction of sp³-hybridized carbons (Fsp3) is 0.387. The molecule has 2 aliphatic carbocycles. The summed E-state index contributed by atoms with van der Waals surface area (Å²) in [6.45, 7) is 1.44. The first-order chi connectivity index (χ1) is 20.8. The van der Waals surface area contributed by atoms with Gasteiger partial charge in [-0.2, -0.15) is 0 Å². The van der Waals surface area contributed by atoms with Crippen LogP contribution in [0.5, 0.6) is 11.5 Å². The van der Waals surface area contributed by atoms with Crippen molar-refractivity contribution in [3.8, 4) is 11.5 Å².